The van der Waals surface area contributed by atoms with Crippen LogP contribution in [0.1, 0.15) is 24.5 Å². The lowest BCUT2D eigenvalue weighted by Gasteiger charge is -2.30. The van der Waals surface area contributed by atoms with Gasteiger partial charge in [0.2, 0.25) is 0 Å². The standard InChI is InChI=1S/C22H27ClN2O3/c1-3-16(13-19(23)4-2)7-11-28-22(26)25-10-12-27-21-15-18-6-9-24-8-5-17(18)14-20(21)25/h3-4,13-15,24H,2,5-12H2,1H3/b16-3-,19-13+. The summed E-state index contributed by atoms with van der Waals surface area (Å²) in [5.74, 6) is 0.763. The molecule has 0 atom stereocenters. The van der Waals surface area contributed by atoms with Gasteiger partial charge in [-0.15, -0.1) is 0 Å². The van der Waals surface area contributed by atoms with E-state index in [-0.39, 0.29) is 12.7 Å². The van der Waals surface area contributed by atoms with Crippen molar-refractivity contribution >= 4 is 23.4 Å². The van der Waals surface area contributed by atoms with Crippen LogP contribution in [0.3, 0.4) is 0 Å². The molecule has 0 aromatic heterocycles. The minimum atomic E-state index is -0.342. The number of carbonyl (C=O) groups excluding carboxylic acids is 1. The van der Waals surface area contributed by atoms with E-state index < -0.39 is 0 Å². The second-order valence-electron chi connectivity index (χ2n) is 6.80. The van der Waals surface area contributed by atoms with Gasteiger partial charge in [0.1, 0.15) is 12.4 Å². The van der Waals surface area contributed by atoms with Crippen molar-refractivity contribution < 1.29 is 14.3 Å². The summed E-state index contributed by atoms with van der Waals surface area (Å²) in [6.45, 7) is 8.73. The van der Waals surface area contributed by atoms with E-state index in [1.54, 1.807) is 11.0 Å². The van der Waals surface area contributed by atoms with Crippen LogP contribution in [-0.4, -0.2) is 38.9 Å². The zero-order valence-electron chi connectivity index (χ0n) is 16.3. The average molecular weight is 403 g/mol. The van der Waals surface area contributed by atoms with Gasteiger partial charge >= 0.3 is 6.09 Å². The molecule has 0 fully saturated rings. The van der Waals surface area contributed by atoms with Crippen molar-refractivity contribution in [1.29, 1.82) is 0 Å². The number of fused-ring (bicyclic) bond motifs is 2. The number of rotatable bonds is 5. The third-order valence-electron chi connectivity index (χ3n) is 5.01. The van der Waals surface area contributed by atoms with Crippen molar-refractivity contribution in [1.82, 2.24) is 5.32 Å². The minimum absolute atomic E-state index is 0.290. The Bertz CT molecular complexity index is 801. The number of hydrogen-bond donors (Lipinski definition) is 1. The molecule has 0 bridgehead atoms. The van der Waals surface area contributed by atoms with E-state index >= 15 is 0 Å². The van der Waals surface area contributed by atoms with Crippen LogP contribution in [0.2, 0.25) is 0 Å². The molecule has 1 aromatic rings. The molecule has 3 rings (SSSR count). The van der Waals surface area contributed by atoms with Crippen molar-refractivity contribution in [3.8, 4) is 5.75 Å². The topological polar surface area (TPSA) is 50.8 Å². The molecule has 0 saturated carbocycles. The van der Waals surface area contributed by atoms with E-state index in [9.17, 15) is 4.79 Å². The molecule has 1 amide bonds. The molecule has 150 valence electrons. The quantitative estimate of drug-likeness (QED) is 0.743. The van der Waals surface area contributed by atoms with Gasteiger partial charge in [-0.2, -0.15) is 0 Å². The number of ether oxygens (including phenoxy) is 2. The first-order valence-corrected chi connectivity index (χ1v) is 10.1. The zero-order valence-corrected chi connectivity index (χ0v) is 17.1. The molecule has 1 aromatic carbocycles. The largest absolute Gasteiger partial charge is 0.490 e. The van der Waals surface area contributed by atoms with Gasteiger partial charge < -0.3 is 14.8 Å². The zero-order chi connectivity index (χ0) is 19.9. The molecule has 2 heterocycles. The van der Waals surface area contributed by atoms with E-state index in [1.807, 2.05) is 19.1 Å². The highest BCUT2D eigenvalue weighted by Gasteiger charge is 2.26. The Labute approximate surface area is 171 Å². The maximum Gasteiger partial charge on any atom is 0.414 e. The lowest BCUT2D eigenvalue weighted by Crippen LogP contribution is -2.38. The first-order chi connectivity index (χ1) is 13.6. The fraction of sp³-hybridized carbons (Fsp3) is 0.409. The van der Waals surface area contributed by atoms with Gasteiger partial charge in [-0.3, -0.25) is 4.90 Å². The van der Waals surface area contributed by atoms with Gasteiger partial charge in [0.25, 0.3) is 0 Å². The highest BCUT2D eigenvalue weighted by atomic mass is 35.5. The number of allylic oxidation sites excluding steroid dienone is 4. The lowest BCUT2D eigenvalue weighted by molar-refractivity contribution is 0.151. The summed E-state index contributed by atoms with van der Waals surface area (Å²) >= 11 is 6.00. The molecule has 1 N–H and O–H groups in total. The molecule has 2 aliphatic rings. The number of anilines is 1. The highest BCUT2D eigenvalue weighted by molar-refractivity contribution is 6.31. The van der Waals surface area contributed by atoms with Gasteiger partial charge in [-0.05, 0) is 67.8 Å². The van der Waals surface area contributed by atoms with E-state index in [1.165, 1.54) is 11.1 Å². The summed E-state index contributed by atoms with van der Waals surface area (Å²) in [7, 11) is 0. The first kappa shape index (κ1) is 20.5. The van der Waals surface area contributed by atoms with Crippen molar-refractivity contribution in [3.05, 3.63) is 58.7 Å². The lowest BCUT2D eigenvalue weighted by atomic mass is 10.0. The third-order valence-corrected chi connectivity index (χ3v) is 5.28. The van der Waals surface area contributed by atoms with Crippen molar-refractivity contribution in [2.45, 2.75) is 26.2 Å². The van der Waals surface area contributed by atoms with Crippen LogP contribution < -0.4 is 15.0 Å². The Hall–Kier alpha value is -2.24. The number of benzene rings is 1. The van der Waals surface area contributed by atoms with E-state index in [2.05, 4.69) is 24.0 Å². The van der Waals surface area contributed by atoms with Gasteiger partial charge in [-0.25, -0.2) is 4.79 Å². The molecule has 0 radical (unpaired) electrons. The van der Waals surface area contributed by atoms with E-state index in [4.69, 9.17) is 21.1 Å². The molecular formula is C22H27ClN2O3. The SMILES string of the molecule is C=C/C(Cl)=C\C(=C/C)CCOC(=O)N1CCOc2cc3c(cc21)CCNCC3. The third kappa shape index (κ3) is 4.97. The molecule has 0 saturated heterocycles. The number of nitrogens with one attached hydrogen (secondary N) is 1. The van der Waals surface area contributed by atoms with E-state index in [0.29, 0.717) is 24.6 Å². The summed E-state index contributed by atoms with van der Waals surface area (Å²) in [4.78, 5) is 14.4. The van der Waals surface area contributed by atoms with Gasteiger partial charge in [0, 0.05) is 11.5 Å². The van der Waals surface area contributed by atoms with Crippen molar-refractivity contribution in [2.75, 3.05) is 37.7 Å². The second kappa shape index (κ2) is 9.80. The summed E-state index contributed by atoms with van der Waals surface area (Å²) in [5, 5.41) is 3.98. The predicted octanol–water partition coefficient (Wildman–Crippen LogP) is 4.36. The number of halogens is 1. The molecule has 28 heavy (non-hydrogen) atoms. The maximum absolute atomic E-state index is 12.7. The molecule has 0 unspecified atom stereocenters. The van der Waals surface area contributed by atoms with E-state index in [0.717, 1.165) is 42.9 Å². The summed E-state index contributed by atoms with van der Waals surface area (Å²) < 4.78 is 11.4. The Morgan fingerprint density at radius 2 is 2.11 bits per heavy atom. The molecule has 2 aliphatic heterocycles. The number of nitrogens with zero attached hydrogens (tertiary/aromatic N) is 1. The molecule has 0 spiro atoms. The van der Waals surface area contributed by atoms with Gasteiger partial charge in [-0.1, -0.05) is 30.3 Å². The Kier molecular flexibility index (Phi) is 7.18. The van der Waals surface area contributed by atoms with Crippen LogP contribution in [0.25, 0.3) is 0 Å². The fourth-order valence-electron chi connectivity index (χ4n) is 3.44. The summed E-state index contributed by atoms with van der Waals surface area (Å²) in [6.07, 6.45) is 7.54. The fourth-order valence-corrected chi connectivity index (χ4v) is 3.58. The Morgan fingerprint density at radius 1 is 1.36 bits per heavy atom. The van der Waals surface area contributed by atoms with Crippen LogP contribution in [0, 0.1) is 0 Å². The van der Waals surface area contributed by atoms with Crippen LogP contribution in [0.15, 0.2) is 47.5 Å². The first-order valence-electron chi connectivity index (χ1n) is 9.70. The smallest absolute Gasteiger partial charge is 0.414 e. The Morgan fingerprint density at radius 3 is 2.82 bits per heavy atom. The minimum Gasteiger partial charge on any atom is -0.490 e. The summed E-state index contributed by atoms with van der Waals surface area (Å²) in [5.41, 5.74) is 4.37. The van der Waals surface area contributed by atoms with Crippen molar-refractivity contribution in [3.63, 3.8) is 0 Å². The average Bonchev–Trinajstić information content (AvgIpc) is 2.95. The molecule has 5 nitrogen and oxygen atoms in total. The molecule has 0 aliphatic carbocycles. The second-order valence-corrected chi connectivity index (χ2v) is 7.24. The maximum atomic E-state index is 12.7. The monoisotopic (exact) mass is 402 g/mol. The number of hydrogen-bond acceptors (Lipinski definition) is 4. The molecule has 6 heteroatoms. The van der Waals surface area contributed by atoms with Crippen LogP contribution in [-0.2, 0) is 17.6 Å². The molecular weight excluding hydrogens is 376 g/mol. The number of carbonyl (C=O) groups is 1. The summed E-state index contributed by atoms with van der Waals surface area (Å²) in [6, 6.07) is 4.17. The van der Waals surface area contributed by atoms with Crippen LogP contribution >= 0.6 is 11.6 Å². The van der Waals surface area contributed by atoms with Crippen LogP contribution in [0.5, 0.6) is 5.75 Å². The normalized spacial score (nSPS) is 17.1. The van der Waals surface area contributed by atoms with Crippen molar-refractivity contribution in [2.24, 2.45) is 0 Å². The highest BCUT2D eigenvalue weighted by Crippen LogP contribution is 2.35. The van der Waals surface area contributed by atoms with Crippen LogP contribution in [0.4, 0.5) is 10.5 Å². The van der Waals surface area contributed by atoms with Gasteiger partial charge in [0.05, 0.1) is 18.8 Å². The number of amides is 1. The Balaban J connectivity index is 1.67. The predicted molar refractivity (Wildman–Crippen MR) is 113 cm³/mol. The van der Waals surface area contributed by atoms with Gasteiger partial charge in [0.15, 0.2) is 0 Å².